The standard InChI is InChI=1S/C12H25NO2/c1-5-9(2)8-11(4)13-10(3)6-7-12(14)15/h9-11,13H,5-8H2,1-4H3,(H,14,15). The van der Waals surface area contributed by atoms with Crippen molar-refractivity contribution in [1.29, 1.82) is 0 Å². The summed E-state index contributed by atoms with van der Waals surface area (Å²) in [6.45, 7) is 8.67. The zero-order valence-electron chi connectivity index (χ0n) is 10.4. The minimum absolute atomic E-state index is 0.254. The molecule has 0 aliphatic rings. The molecular formula is C12H25NO2. The summed E-state index contributed by atoms with van der Waals surface area (Å²) in [6.07, 6.45) is 3.33. The molecule has 0 spiro atoms. The lowest BCUT2D eigenvalue weighted by Crippen LogP contribution is -2.35. The quantitative estimate of drug-likeness (QED) is 0.654. The third-order valence-electron chi connectivity index (χ3n) is 2.81. The van der Waals surface area contributed by atoms with Crippen LogP contribution in [0.3, 0.4) is 0 Å². The molecule has 3 nitrogen and oxygen atoms in total. The van der Waals surface area contributed by atoms with Gasteiger partial charge < -0.3 is 10.4 Å². The van der Waals surface area contributed by atoms with E-state index in [2.05, 4.69) is 33.0 Å². The van der Waals surface area contributed by atoms with Gasteiger partial charge in [-0.15, -0.1) is 0 Å². The molecule has 0 aromatic heterocycles. The molecule has 0 amide bonds. The minimum Gasteiger partial charge on any atom is -0.481 e. The normalized spacial score (nSPS) is 17.1. The Kier molecular flexibility index (Phi) is 7.39. The Morgan fingerprint density at radius 3 is 2.33 bits per heavy atom. The summed E-state index contributed by atoms with van der Waals surface area (Å²) in [5.41, 5.74) is 0. The van der Waals surface area contributed by atoms with Crippen molar-refractivity contribution in [3.8, 4) is 0 Å². The van der Waals surface area contributed by atoms with Crippen LogP contribution in [0.15, 0.2) is 0 Å². The van der Waals surface area contributed by atoms with Gasteiger partial charge in [0.2, 0.25) is 0 Å². The molecule has 0 saturated heterocycles. The molecule has 3 atom stereocenters. The Hall–Kier alpha value is -0.570. The fourth-order valence-corrected chi connectivity index (χ4v) is 1.75. The lowest BCUT2D eigenvalue weighted by Gasteiger charge is -2.21. The van der Waals surface area contributed by atoms with Crippen LogP contribution in [-0.2, 0) is 4.79 Å². The van der Waals surface area contributed by atoms with E-state index in [9.17, 15) is 4.79 Å². The molecule has 2 N–H and O–H groups in total. The van der Waals surface area contributed by atoms with E-state index in [4.69, 9.17) is 5.11 Å². The van der Waals surface area contributed by atoms with E-state index in [-0.39, 0.29) is 6.42 Å². The number of nitrogens with one attached hydrogen (secondary N) is 1. The highest BCUT2D eigenvalue weighted by Gasteiger charge is 2.11. The van der Waals surface area contributed by atoms with E-state index in [0.717, 1.165) is 12.3 Å². The van der Waals surface area contributed by atoms with Crippen molar-refractivity contribution in [2.24, 2.45) is 5.92 Å². The van der Waals surface area contributed by atoms with Crippen molar-refractivity contribution in [3.05, 3.63) is 0 Å². The number of hydrogen-bond acceptors (Lipinski definition) is 2. The molecule has 0 rings (SSSR count). The number of carboxylic acid groups (broad SMARTS) is 1. The lowest BCUT2D eigenvalue weighted by atomic mass is 9.99. The predicted molar refractivity (Wildman–Crippen MR) is 63.0 cm³/mol. The summed E-state index contributed by atoms with van der Waals surface area (Å²) in [5.74, 6) is 0.0254. The van der Waals surface area contributed by atoms with Gasteiger partial charge in [-0.3, -0.25) is 4.79 Å². The van der Waals surface area contributed by atoms with Crippen molar-refractivity contribution in [2.75, 3.05) is 0 Å². The monoisotopic (exact) mass is 215 g/mol. The van der Waals surface area contributed by atoms with Gasteiger partial charge in [0, 0.05) is 18.5 Å². The molecule has 0 aromatic carbocycles. The van der Waals surface area contributed by atoms with E-state index in [0.29, 0.717) is 18.5 Å². The van der Waals surface area contributed by atoms with Crippen molar-refractivity contribution in [1.82, 2.24) is 5.32 Å². The first-order chi connectivity index (χ1) is 6.95. The highest BCUT2D eigenvalue weighted by Crippen LogP contribution is 2.10. The smallest absolute Gasteiger partial charge is 0.303 e. The third-order valence-corrected chi connectivity index (χ3v) is 2.81. The summed E-state index contributed by atoms with van der Waals surface area (Å²) >= 11 is 0. The second-order valence-electron chi connectivity index (χ2n) is 4.65. The van der Waals surface area contributed by atoms with Crippen LogP contribution in [-0.4, -0.2) is 23.2 Å². The van der Waals surface area contributed by atoms with Gasteiger partial charge in [-0.1, -0.05) is 20.3 Å². The molecule has 3 heteroatoms. The van der Waals surface area contributed by atoms with Crippen LogP contribution in [0.5, 0.6) is 0 Å². The molecule has 90 valence electrons. The van der Waals surface area contributed by atoms with Crippen LogP contribution >= 0.6 is 0 Å². The summed E-state index contributed by atoms with van der Waals surface area (Å²) in [4.78, 5) is 10.4. The van der Waals surface area contributed by atoms with Crippen LogP contribution in [0.2, 0.25) is 0 Å². The van der Waals surface area contributed by atoms with Crippen molar-refractivity contribution < 1.29 is 9.90 Å². The number of hydrogen-bond donors (Lipinski definition) is 2. The highest BCUT2D eigenvalue weighted by molar-refractivity contribution is 5.66. The topological polar surface area (TPSA) is 49.3 Å². The Morgan fingerprint density at radius 2 is 1.87 bits per heavy atom. The molecule has 0 aliphatic carbocycles. The van der Waals surface area contributed by atoms with Gasteiger partial charge in [0.15, 0.2) is 0 Å². The van der Waals surface area contributed by atoms with Gasteiger partial charge in [0.25, 0.3) is 0 Å². The van der Waals surface area contributed by atoms with Crippen LogP contribution in [0.4, 0.5) is 0 Å². The van der Waals surface area contributed by atoms with Gasteiger partial charge in [0.05, 0.1) is 0 Å². The first-order valence-corrected chi connectivity index (χ1v) is 5.93. The van der Waals surface area contributed by atoms with Gasteiger partial charge >= 0.3 is 5.97 Å². The first-order valence-electron chi connectivity index (χ1n) is 5.93. The molecule has 0 radical (unpaired) electrons. The zero-order chi connectivity index (χ0) is 11.8. The van der Waals surface area contributed by atoms with Gasteiger partial charge in [-0.25, -0.2) is 0 Å². The minimum atomic E-state index is -0.710. The summed E-state index contributed by atoms with van der Waals surface area (Å²) in [5, 5.41) is 12.0. The molecule has 0 saturated carbocycles. The summed E-state index contributed by atoms with van der Waals surface area (Å²) in [6, 6.07) is 0.768. The van der Waals surface area contributed by atoms with Crippen molar-refractivity contribution in [3.63, 3.8) is 0 Å². The fraction of sp³-hybridized carbons (Fsp3) is 0.917. The number of carbonyl (C=O) groups is 1. The Labute approximate surface area is 93.3 Å². The maximum absolute atomic E-state index is 10.4. The molecule has 0 fully saturated rings. The lowest BCUT2D eigenvalue weighted by molar-refractivity contribution is -0.137. The Bertz CT molecular complexity index is 182. The van der Waals surface area contributed by atoms with Crippen LogP contribution in [0, 0.1) is 5.92 Å². The largest absolute Gasteiger partial charge is 0.481 e. The zero-order valence-corrected chi connectivity index (χ0v) is 10.4. The molecule has 0 aromatic rings. The summed E-state index contributed by atoms with van der Waals surface area (Å²) < 4.78 is 0. The van der Waals surface area contributed by atoms with Crippen LogP contribution < -0.4 is 5.32 Å². The highest BCUT2D eigenvalue weighted by atomic mass is 16.4. The SMILES string of the molecule is CCC(C)CC(C)NC(C)CCC(=O)O. The Morgan fingerprint density at radius 1 is 1.27 bits per heavy atom. The fourth-order valence-electron chi connectivity index (χ4n) is 1.75. The van der Waals surface area contributed by atoms with Crippen LogP contribution in [0.25, 0.3) is 0 Å². The average Bonchev–Trinajstić information content (AvgIpc) is 2.14. The third kappa shape index (κ3) is 8.43. The maximum atomic E-state index is 10.4. The molecular weight excluding hydrogens is 190 g/mol. The predicted octanol–water partition coefficient (Wildman–Crippen LogP) is 2.65. The Balaban J connectivity index is 3.65. The van der Waals surface area contributed by atoms with E-state index in [1.807, 2.05) is 0 Å². The number of carboxylic acids is 1. The second-order valence-corrected chi connectivity index (χ2v) is 4.65. The number of aliphatic carboxylic acids is 1. The van der Waals surface area contributed by atoms with E-state index in [1.54, 1.807) is 0 Å². The second kappa shape index (κ2) is 7.69. The molecule has 0 aliphatic heterocycles. The summed E-state index contributed by atoms with van der Waals surface area (Å²) in [7, 11) is 0. The van der Waals surface area contributed by atoms with E-state index in [1.165, 1.54) is 6.42 Å². The van der Waals surface area contributed by atoms with Crippen LogP contribution in [0.1, 0.15) is 53.4 Å². The van der Waals surface area contributed by atoms with Crippen molar-refractivity contribution >= 4 is 5.97 Å². The molecule has 3 unspecified atom stereocenters. The van der Waals surface area contributed by atoms with Gasteiger partial charge in [0.1, 0.15) is 0 Å². The van der Waals surface area contributed by atoms with Gasteiger partial charge in [-0.05, 0) is 32.6 Å². The molecule has 15 heavy (non-hydrogen) atoms. The molecule has 0 heterocycles. The maximum Gasteiger partial charge on any atom is 0.303 e. The van der Waals surface area contributed by atoms with Crippen molar-refractivity contribution in [2.45, 2.75) is 65.5 Å². The van der Waals surface area contributed by atoms with E-state index < -0.39 is 5.97 Å². The average molecular weight is 215 g/mol. The van der Waals surface area contributed by atoms with Gasteiger partial charge in [-0.2, -0.15) is 0 Å². The molecule has 0 bridgehead atoms. The van der Waals surface area contributed by atoms with E-state index >= 15 is 0 Å². The number of rotatable bonds is 8. The first kappa shape index (κ1) is 14.4.